The molecule has 0 saturated heterocycles. The molecule has 0 aliphatic carbocycles. The number of methoxy groups -OCH3 is 1. The highest BCUT2D eigenvalue weighted by atomic mass is 32.2. The molecule has 1 atom stereocenters. The van der Waals surface area contributed by atoms with Crippen molar-refractivity contribution >= 4 is 27.5 Å². The van der Waals surface area contributed by atoms with E-state index in [1.54, 1.807) is 43.3 Å². The van der Waals surface area contributed by atoms with E-state index in [2.05, 4.69) is 5.32 Å². The van der Waals surface area contributed by atoms with E-state index in [0.717, 1.165) is 19.1 Å². The van der Waals surface area contributed by atoms with Crippen molar-refractivity contribution in [2.24, 2.45) is 0 Å². The number of carbonyl (C=O) groups excluding carboxylic acids is 2. The molecule has 0 aliphatic heterocycles. The summed E-state index contributed by atoms with van der Waals surface area (Å²) in [6.07, 6.45) is 3.14. The zero-order valence-corrected chi connectivity index (χ0v) is 22.2. The summed E-state index contributed by atoms with van der Waals surface area (Å²) < 4.78 is 44.7. The van der Waals surface area contributed by atoms with Gasteiger partial charge in [0, 0.05) is 32.1 Å². The highest BCUT2D eigenvalue weighted by molar-refractivity contribution is 7.92. The molecule has 0 aliphatic rings. The normalized spacial score (nSPS) is 12.0. The Hall–Kier alpha value is -3.14. The minimum Gasteiger partial charge on any atom is -0.497 e. The van der Waals surface area contributed by atoms with Gasteiger partial charge in [0.15, 0.2) is 0 Å². The van der Waals surface area contributed by atoms with Gasteiger partial charge in [-0.3, -0.25) is 13.9 Å². The van der Waals surface area contributed by atoms with Crippen LogP contribution < -0.4 is 14.4 Å². The quantitative estimate of drug-likeness (QED) is 0.383. The Bertz CT molecular complexity index is 1110. The number of sulfonamides is 1. The van der Waals surface area contributed by atoms with Crippen molar-refractivity contribution in [2.45, 2.75) is 52.1 Å². The van der Waals surface area contributed by atoms with Crippen molar-refractivity contribution in [3.05, 3.63) is 59.9 Å². The largest absolute Gasteiger partial charge is 0.497 e. The van der Waals surface area contributed by atoms with Crippen molar-refractivity contribution in [1.82, 2.24) is 10.2 Å². The van der Waals surface area contributed by atoms with E-state index < -0.39 is 16.1 Å². The molecule has 0 fully saturated rings. The number of unbranched alkanes of at least 4 members (excludes halogenated alkanes) is 1. The first-order chi connectivity index (χ1) is 17.1. The first kappa shape index (κ1) is 29.1. The number of hydrogen-bond donors (Lipinski definition) is 1. The summed E-state index contributed by atoms with van der Waals surface area (Å²) in [6.45, 7) is 4.40. The number of nitrogens with zero attached hydrogens (tertiary/aromatic N) is 2. The van der Waals surface area contributed by atoms with E-state index in [4.69, 9.17) is 4.74 Å². The molecule has 1 N–H and O–H groups in total. The van der Waals surface area contributed by atoms with Crippen LogP contribution in [0.4, 0.5) is 10.1 Å². The summed E-state index contributed by atoms with van der Waals surface area (Å²) in [5.74, 6) is -0.435. The summed E-state index contributed by atoms with van der Waals surface area (Å²) in [6, 6.07) is 11.7. The highest BCUT2D eigenvalue weighted by Gasteiger charge is 2.26. The van der Waals surface area contributed by atoms with Gasteiger partial charge in [-0.15, -0.1) is 0 Å². The zero-order valence-electron chi connectivity index (χ0n) is 21.4. The average Bonchev–Trinajstić information content (AvgIpc) is 2.85. The number of halogens is 1. The van der Waals surface area contributed by atoms with Crippen molar-refractivity contribution < 1.29 is 27.1 Å². The predicted molar refractivity (Wildman–Crippen MR) is 139 cm³/mol. The van der Waals surface area contributed by atoms with Crippen LogP contribution in [0.3, 0.4) is 0 Å². The Balaban J connectivity index is 2.15. The Morgan fingerprint density at radius 1 is 1.11 bits per heavy atom. The van der Waals surface area contributed by atoms with Crippen LogP contribution in [0.25, 0.3) is 0 Å². The second-order valence-corrected chi connectivity index (χ2v) is 10.5. The Kier molecular flexibility index (Phi) is 11.2. The van der Waals surface area contributed by atoms with Gasteiger partial charge in [0.25, 0.3) is 0 Å². The molecule has 8 nitrogen and oxygen atoms in total. The molecule has 0 unspecified atom stereocenters. The molecular formula is C26H36FN3O5S. The lowest BCUT2D eigenvalue weighted by Crippen LogP contribution is -2.48. The minimum atomic E-state index is -3.60. The molecule has 2 aromatic rings. The van der Waals surface area contributed by atoms with E-state index in [0.29, 0.717) is 23.5 Å². The lowest BCUT2D eigenvalue weighted by atomic mass is 10.1. The fourth-order valence-corrected chi connectivity index (χ4v) is 4.63. The molecule has 0 saturated carbocycles. The molecule has 0 aromatic heterocycles. The fraction of sp³-hybridized carbons (Fsp3) is 0.462. The smallest absolute Gasteiger partial charge is 0.242 e. The standard InChI is InChI=1S/C26H36FN3O5S/c1-5-6-16-28-26(32)20(2)29(19-21-12-14-22(27)15-13-21)25(31)11-8-17-30(36(4,33)34)23-9-7-10-24(18-23)35-3/h7,9-10,12-15,18,20H,5-6,8,11,16-17,19H2,1-4H3,(H,28,32)/t20-/m0/s1. The maximum atomic E-state index is 13.4. The molecule has 0 radical (unpaired) electrons. The second kappa shape index (κ2) is 13.8. The lowest BCUT2D eigenvalue weighted by molar-refractivity contribution is -0.140. The summed E-state index contributed by atoms with van der Waals surface area (Å²) in [5, 5.41) is 2.85. The fourth-order valence-electron chi connectivity index (χ4n) is 3.67. The number of hydrogen-bond acceptors (Lipinski definition) is 5. The van der Waals surface area contributed by atoms with Crippen LogP contribution in [0, 0.1) is 5.82 Å². The van der Waals surface area contributed by atoms with Crippen molar-refractivity contribution in [1.29, 1.82) is 0 Å². The summed E-state index contributed by atoms with van der Waals surface area (Å²) in [5.41, 5.74) is 1.13. The average molecular weight is 522 g/mol. The van der Waals surface area contributed by atoms with Gasteiger partial charge < -0.3 is 15.0 Å². The first-order valence-corrected chi connectivity index (χ1v) is 13.8. The van der Waals surface area contributed by atoms with Crippen LogP contribution in [0.2, 0.25) is 0 Å². The second-order valence-electron chi connectivity index (χ2n) is 8.61. The molecule has 0 bridgehead atoms. The SMILES string of the molecule is CCCCNC(=O)[C@H](C)N(Cc1ccc(F)cc1)C(=O)CCCN(c1cccc(OC)c1)S(C)(=O)=O. The maximum Gasteiger partial charge on any atom is 0.242 e. The van der Waals surface area contributed by atoms with Crippen molar-refractivity contribution in [3.8, 4) is 5.75 Å². The minimum absolute atomic E-state index is 0.0315. The van der Waals surface area contributed by atoms with Gasteiger partial charge in [0.05, 0.1) is 19.1 Å². The van der Waals surface area contributed by atoms with Gasteiger partial charge in [0.1, 0.15) is 17.6 Å². The van der Waals surface area contributed by atoms with Crippen molar-refractivity contribution in [3.63, 3.8) is 0 Å². The number of carbonyl (C=O) groups is 2. The third-order valence-electron chi connectivity index (χ3n) is 5.76. The molecule has 10 heteroatoms. The van der Waals surface area contributed by atoms with Crippen LogP contribution in [-0.4, -0.2) is 57.6 Å². The maximum absolute atomic E-state index is 13.4. The Labute approximate surface area is 213 Å². The molecule has 36 heavy (non-hydrogen) atoms. The summed E-state index contributed by atoms with van der Waals surface area (Å²) in [7, 11) is -2.11. The Morgan fingerprint density at radius 3 is 2.42 bits per heavy atom. The van der Waals surface area contributed by atoms with Crippen LogP contribution in [-0.2, 0) is 26.2 Å². The van der Waals surface area contributed by atoms with E-state index in [9.17, 15) is 22.4 Å². The third kappa shape index (κ3) is 8.82. The van der Waals surface area contributed by atoms with Crippen LogP contribution in [0.1, 0.15) is 45.1 Å². The number of amides is 2. The van der Waals surface area contributed by atoms with Gasteiger partial charge in [-0.1, -0.05) is 31.5 Å². The summed E-state index contributed by atoms with van der Waals surface area (Å²) >= 11 is 0. The van der Waals surface area contributed by atoms with Gasteiger partial charge in [-0.25, -0.2) is 12.8 Å². The van der Waals surface area contributed by atoms with E-state index >= 15 is 0 Å². The molecule has 2 aromatic carbocycles. The number of ether oxygens (including phenoxy) is 1. The molecule has 0 spiro atoms. The number of benzene rings is 2. The van der Waals surface area contributed by atoms with E-state index in [-0.39, 0.29) is 43.6 Å². The van der Waals surface area contributed by atoms with E-state index in [1.165, 1.54) is 28.4 Å². The molecule has 2 rings (SSSR count). The molecule has 0 heterocycles. The van der Waals surface area contributed by atoms with Crippen molar-refractivity contribution in [2.75, 3.05) is 30.8 Å². The van der Waals surface area contributed by atoms with Crippen LogP contribution >= 0.6 is 0 Å². The van der Waals surface area contributed by atoms with Crippen LogP contribution in [0.5, 0.6) is 5.75 Å². The third-order valence-corrected chi connectivity index (χ3v) is 6.95. The monoisotopic (exact) mass is 521 g/mol. The van der Waals surface area contributed by atoms with E-state index in [1.807, 2.05) is 6.92 Å². The zero-order chi connectivity index (χ0) is 26.7. The van der Waals surface area contributed by atoms with Gasteiger partial charge in [0.2, 0.25) is 21.8 Å². The van der Waals surface area contributed by atoms with Gasteiger partial charge in [-0.05, 0) is 49.6 Å². The topological polar surface area (TPSA) is 96.0 Å². The lowest BCUT2D eigenvalue weighted by Gasteiger charge is -2.29. The summed E-state index contributed by atoms with van der Waals surface area (Å²) in [4.78, 5) is 27.4. The van der Waals surface area contributed by atoms with Gasteiger partial charge in [-0.2, -0.15) is 0 Å². The number of anilines is 1. The van der Waals surface area contributed by atoms with Crippen LogP contribution in [0.15, 0.2) is 48.5 Å². The molecular weight excluding hydrogens is 485 g/mol. The molecule has 198 valence electrons. The predicted octanol–water partition coefficient (Wildman–Crippen LogP) is 3.71. The van der Waals surface area contributed by atoms with Gasteiger partial charge >= 0.3 is 0 Å². The number of rotatable bonds is 14. The highest BCUT2D eigenvalue weighted by Crippen LogP contribution is 2.24. The Morgan fingerprint density at radius 2 is 1.81 bits per heavy atom. The number of nitrogens with one attached hydrogen (secondary N) is 1. The first-order valence-electron chi connectivity index (χ1n) is 12.0. The molecule has 2 amide bonds.